The predicted molar refractivity (Wildman–Crippen MR) is 86.1 cm³/mol. The number of carbonyl (C=O) groups excluding carboxylic acids is 1. The lowest BCUT2D eigenvalue weighted by Gasteiger charge is -2.51. The molecule has 2 bridgehead atoms. The normalized spacial score (nSPS) is 38.3. The van der Waals surface area contributed by atoms with Crippen molar-refractivity contribution in [2.24, 2.45) is 5.92 Å². The van der Waals surface area contributed by atoms with Crippen LogP contribution in [0.4, 0.5) is 0 Å². The van der Waals surface area contributed by atoms with Crippen molar-refractivity contribution in [3.63, 3.8) is 0 Å². The Labute approximate surface area is 136 Å². The molecular weight excluding hydrogens is 272 g/mol. The molecule has 1 aromatic rings. The smallest absolute Gasteiger partial charge is 0.254 e. The Morgan fingerprint density at radius 2 is 2.00 bits per heavy atom. The second-order valence-electron chi connectivity index (χ2n) is 7.39. The molecule has 22 heavy (non-hydrogen) atoms. The number of fused-ring (bicyclic) bond motifs is 3. The van der Waals surface area contributed by atoms with Crippen LogP contribution in [0.1, 0.15) is 57.2 Å². The maximum atomic E-state index is 13.4. The summed E-state index contributed by atoms with van der Waals surface area (Å²) in [6, 6.07) is 0.348. The lowest BCUT2D eigenvalue weighted by atomic mass is 9.75. The molecule has 2 atom stereocenters. The molecule has 4 heterocycles. The second-order valence-corrected chi connectivity index (χ2v) is 7.39. The average molecular weight is 299 g/mol. The van der Waals surface area contributed by atoms with E-state index in [-0.39, 0.29) is 36.0 Å². The molecule has 0 aromatic heterocycles. The van der Waals surface area contributed by atoms with Gasteiger partial charge in [-0.25, -0.2) is 0 Å². The number of benzene rings is 1. The van der Waals surface area contributed by atoms with Crippen molar-refractivity contribution in [1.82, 2.24) is 9.80 Å². The van der Waals surface area contributed by atoms with Crippen molar-refractivity contribution < 1.29 is 8.91 Å². The first-order valence-corrected chi connectivity index (χ1v) is 8.72. The third kappa shape index (κ3) is 1.81. The van der Waals surface area contributed by atoms with Crippen molar-refractivity contribution in [2.45, 2.75) is 44.1 Å². The molecule has 1 unspecified atom stereocenters. The Morgan fingerprint density at radius 3 is 2.77 bits per heavy atom. The maximum absolute atomic E-state index is 13.4. The molecule has 0 radical (unpaired) electrons. The van der Waals surface area contributed by atoms with Crippen LogP contribution in [-0.4, -0.2) is 47.9 Å². The van der Waals surface area contributed by atoms with E-state index in [1.807, 2.05) is 4.90 Å². The highest BCUT2D eigenvalue weighted by atomic mass is 16.2. The molecular formula is C19H24N2O. The van der Waals surface area contributed by atoms with Gasteiger partial charge in [0.05, 0.1) is 4.11 Å². The summed E-state index contributed by atoms with van der Waals surface area (Å²) in [5.74, 6) is 0.783. The van der Waals surface area contributed by atoms with E-state index in [0.717, 1.165) is 56.6 Å². The highest BCUT2D eigenvalue weighted by Gasteiger charge is 2.43. The summed E-state index contributed by atoms with van der Waals surface area (Å²) in [5, 5.41) is 0. The quantitative estimate of drug-likeness (QED) is 0.796. The van der Waals surface area contributed by atoms with Gasteiger partial charge in [0, 0.05) is 30.6 Å². The molecule has 6 rings (SSSR count). The molecule has 1 aliphatic carbocycles. The van der Waals surface area contributed by atoms with Crippen LogP contribution in [0, 0.1) is 5.92 Å². The standard InChI is InChI=1S/C19H24N2O/c22-19-16-6-2-4-14-3-1-5-15(18(14)16)11-21(19)17-12-20-9-7-13(17)8-10-20/h2,4,6,13,15,17H,1,3,5,7-12H2/t15?,17-/m1/s1/i2D,4D,6D. The van der Waals surface area contributed by atoms with Crippen LogP contribution < -0.4 is 0 Å². The summed E-state index contributed by atoms with van der Waals surface area (Å²) < 4.78 is 24.8. The summed E-state index contributed by atoms with van der Waals surface area (Å²) in [6.45, 7) is 4.00. The van der Waals surface area contributed by atoms with E-state index < -0.39 is 0 Å². The molecule has 3 heteroatoms. The molecule has 1 aromatic carbocycles. The van der Waals surface area contributed by atoms with Gasteiger partial charge >= 0.3 is 0 Å². The Hall–Kier alpha value is -1.35. The largest absolute Gasteiger partial charge is 0.333 e. The lowest BCUT2D eigenvalue weighted by Crippen LogP contribution is -2.60. The molecule has 0 saturated carbocycles. The molecule has 5 aliphatic rings. The number of amides is 1. The summed E-state index contributed by atoms with van der Waals surface area (Å²) in [5.41, 5.74) is 2.26. The number of rotatable bonds is 1. The van der Waals surface area contributed by atoms with Gasteiger partial charge in [-0.1, -0.05) is 12.1 Å². The van der Waals surface area contributed by atoms with Crippen molar-refractivity contribution in [2.75, 3.05) is 26.2 Å². The fraction of sp³-hybridized carbons (Fsp3) is 0.632. The molecule has 3 fully saturated rings. The topological polar surface area (TPSA) is 23.6 Å². The molecule has 0 N–H and O–H groups in total. The zero-order valence-corrected chi connectivity index (χ0v) is 12.9. The van der Waals surface area contributed by atoms with Gasteiger partial charge in [-0.3, -0.25) is 4.79 Å². The van der Waals surface area contributed by atoms with Gasteiger partial charge in [-0.2, -0.15) is 0 Å². The summed E-state index contributed by atoms with van der Waals surface area (Å²) in [7, 11) is 0. The minimum absolute atomic E-state index is 0.0216. The van der Waals surface area contributed by atoms with Gasteiger partial charge < -0.3 is 9.80 Å². The van der Waals surface area contributed by atoms with E-state index in [1.54, 1.807) is 0 Å². The van der Waals surface area contributed by atoms with Gasteiger partial charge in [0.25, 0.3) is 5.91 Å². The first kappa shape index (κ1) is 10.4. The third-order valence-corrected chi connectivity index (χ3v) is 6.30. The Balaban J connectivity index is 1.61. The average Bonchev–Trinajstić information content (AvgIpc) is 2.65. The van der Waals surface area contributed by atoms with Crippen molar-refractivity contribution >= 4 is 5.91 Å². The van der Waals surface area contributed by atoms with Gasteiger partial charge in [0.2, 0.25) is 0 Å². The first-order valence-electron chi connectivity index (χ1n) is 10.2. The van der Waals surface area contributed by atoms with Gasteiger partial charge in [0.1, 0.15) is 0 Å². The Morgan fingerprint density at radius 1 is 1.14 bits per heavy atom. The number of carbonyl (C=O) groups is 1. The van der Waals surface area contributed by atoms with Crippen LogP contribution >= 0.6 is 0 Å². The summed E-state index contributed by atoms with van der Waals surface area (Å²) in [6.07, 6.45) is 5.15. The van der Waals surface area contributed by atoms with Gasteiger partial charge in [-0.05, 0) is 68.3 Å². The minimum atomic E-state index is -0.0708. The second kappa shape index (κ2) is 4.82. The summed E-state index contributed by atoms with van der Waals surface area (Å²) in [4.78, 5) is 17.9. The fourth-order valence-corrected chi connectivity index (χ4v) is 5.16. The Kier molecular flexibility index (Phi) is 2.29. The van der Waals surface area contributed by atoms with E-state index in [9.17, 15) is 4.79 Å². The Bertz CT molecular complexity index is 758. The molecule has 3 saturated heterocycles. The maximum Gasteiger partial charge on any atom is 0.254 e. The monoisotopic (exact) mass is 299 g/mol. The molecule has 3 nitrogen and oxygen atoms in total. The first-order chi connectivity index (χ1) is 12.1. The lowest BCUT2D eigenvalue weighted by molar-refractivity contribution is 0.00258. The van der Waals surface area contributed by atoms with E-state index in [1.165, 1.54) is 12.8 Å². The third-order valence-electron chi connectivity index (χ3n) is 6.30. The minimum Gasteiger partial charge on any atom is -0.333 e. The highest BCUT2D eigenvalue weighted by Crippen LogP contribution is 2.41. The van der Waals surface area contributed by atoms with Gasteiger partial charge in [-0.15, -0.1) is 0 Å². The number of hydrogen-bond donors (Lipinski definition) is 0. The SMILES string of the molecule is [2H]c1c([2H])c2c3c(c1[2H])C(=O)N([C@@H]1CN4CCC1CC4)CC3CCC2. The number of nitrogens with zero attached hydrogens (tertiary/aromatic N) is 2. The zero-order valence-electron chi connectivity index (χ0n) is 15.9. The van der Waals surface area contributed by atoms with E-state index >= 15 is 0 Å². The zero-order chi connectivity index (χ0) is 17.3. The number of hydrogen-bond acceptors (Lipinski definition) is 2. The number of piperidine rings is 3. The molecule has 4 aliphatic heterocycles. The predicted octanol–water partition coefficient (Wildman–Crippen LogP) is 2.66. The van der Waals surface area contributed by atoms with E-state index in [4.69, 9.17) is 4.11 Å². The van der Waals surface area contributed by atoms with Crippen LogP contribution in [0.5, 0.6) is 0 Å². The van der Waals surface area contributed by atoms with Crippen LogP contribution in [0.3, 0.4) is 0 Å². The van der Waals surface area contributed by atoms with Crippen LogP contribution in [-0.2, 0) is 6.42 Å². The van der Waals surface area contributed by atoms with Crippen molar-refractivity contribution in [1.29, 1.82) is 0 Å². The fourth-order valence-electron chi connectivity index (χ4n) is 5.16. The van der Waals surface area contributed by atoms with E-state index in [0.29, 0.717) is 11.5 Å². The molecule has 1 amide bonds. The van der Waals surface area contributed by atoms with Gasteiger partial charge in [0.15, 0.2) is 0 Å². The van der Waals surface area contributed by atoms with Crippen LogP contribution in [0.2, 0.25) is 0 Å². The summed E-state index contributed by atoms with van der Waals surface area (Å²) >= 11 is 0. The van der Waals surface area contributed by atoms with Crippen molar-refractivity contribution in [3.8, 4) is 0 Å². The van der Waals surface area contributed by atoms with E-state index in [2.05, 4.69) is 4.90 Å². The highest BCUT2D eigenvalue weighted by molar-refractivity contribution is 5.97. The molecule has 116 valence electrons. The van der Waals surface area contributed by atoms with Crippen LogP contribution in [0.15, 0.2) is 18.1 Å². The molecule has 0 spiro atoms. The van der Waals surface area contributed by atoms with Crippen molar-refractivity contribution in [3.05, 3.63) is 34.8 Å². The van der Waals surface area contributed by atoms with Crippen LogP contribution in [0.25, 0.3) is 0 Å².